The van der Waals surface area contributed by atoms with Gasteiger partial charge in [0.15, 0.2) is 0 Å². The second-order valence-corrected chi connectivity index (χ2v) is 5.10. The molecule has 7 heteroatoms. The molecule has 0 aromatic heterocycles. The van der Waals surface area contributed by atoms with Gasteiger partial charge in [0.1, 0.15) is 22.7 Å². The number of aromatic hydroxyl groups is 3. The topological polar surface area (TPSA) is 98.0 Å². The van der Waals surface area contributed by atoms with Gasteiger partial charge in [-0.2, -0.15) is 0 Å². The zero-order valence-corrected chi connectivity index (χ0v) is 10.4. The Labute approximate surface area is 113 Å². The van der Waals surface area contributed by atoms with Gasteiger partial charge in [0.05, 0.1) is 5.56 Å². The van der Waals surface area contributed by atoms with Crippen molar-refractivity contribution in [3.05, 3.63) is 17.7 Å². The maximum Gasteiger partial charge on any atom is 0.314 e. The van der Waals surface area contributed by atoms with Crippen LogP contribution in [-0.4, -0.2) is 32.3 Å². The summed E-state index contributed by atoms with van der Waals surface area (Å²) in [7, 11) is 0. The smallest absolute Gasteiger partial charge is 0.314 e. The lowest BCUT2D eigenvalue weighted by Crippen LogP contribution is -2.42. The van der Waals surface area contributed by atoms with E-state index < -0.39 is 60.2 Å². The van der Waals surface area contributed by atoms with E-state index in [1.807, 2.05) is 0 Å². The Morgan fingerprint density at radius 1 is 1.00 bits per heavy atom. The second kappa shape index (κ2) is 4.50. The average Bonchev–Trinajstić information content (AvgIpc) is 2.29. The summed E-state index contributed by atoms with van der Waals surface area (Å²) in [5, 5.41) is 38.2. The van der Waals surface area contributed by atoms with Crippen LogP contribution in [0.2, 0.25) is 0 Å². The first kappa shape index (κ1) is 14.4. The number of carboxylic acid groups (broad SMARTS) is 1. The first-order valence-corrected chi connectivity index (χ1v) is 6.05. The standard InChI is InChI=1S/C13H14F2O5/c14-13(15)3-1-12(2-4-13,11(19)20)10-8(17)5-7(16)6-9(10)18/h5-6,16-18H,1-4H2,(H,19,20). The van der Waals surface area contributed by atoms with Gasteiger partial charge >= 0.3 is 5.97 Å². The summed E-state index contributed by atoms with van der Waals surface area (Å²) in [6.07, 6.45) is -2.08. The molecular weight excluding hydrogens is 274 g/mol. The summed E-state index contributed by atoms with van der Waals surface area (Å²) in [4.78, 5) is 11.5. The van der Waals surface area contributed by atoms with Gasteiger partial charge in [-0.1, -0.05) is 0 Å². The Balaban J connectivity index is 2.53. The van der Waals surface area contributed by atoms with Crippen molar-refractivity contribution in [3.8, 4) is 17.2 Å². The molecule has 1 aromatic carbocycles. The summed E-state index contributed by atoms with van der Waals surface area (Å²) in [5.74, 6) is -6.00. The molecule has 5 nitrogen and oxygen atoms in total. The zero-order valence-electron chi connectivity index (χ0n) is 10.4. The molecule has 1 fully saturated rings. The molecule has 1 aliphatic rings. The summed E-state index contributed by atoms with van der Waals surface area (Å²) >= 11 is 0. The van der Waals surface area contributed by atoms with Gasteiger partial charge in [-0.25, -0.2) is 8.78 Å². The molecule has 0 unspecified atom stereocenters. The molecular formula is C13H14F2O5. The molecule has 2 rings (SSSR count). The largest absolute Gasteiger partial charge is 0.508 e. The molecule has 0 radical (unpaired) electrons. The molecule has 1 saturated carbocycles. The number of alkyl halides is 2. The maximum atomic E-state index is 13.2. The van der Waals surface area contributed by atoms with E-state index in [4.69, 9.17) is 0 Å². The summed E-state index contributed by atoms with van der Waals surface area (Å²) in [6.45, 7) is 0. The number of phenolic OH excluding ortho intramolecular Hbond substituents is 3. The van der Waals surface area contributed by atoms with E-state index in [1.54, 1.807) is 0 Å². The predicted molar refractivity (Wildman–Crippen MR) is 64.2 cm³/mol. The van der Waals surface area contributed by atoms with Crippen LogP contribution < -0.4 is 0 Å². The van der Waals surface area contributed by atoms with Crippen molar-refractivity contribution in [1.29, 1.82) is 0 Å². The van der Waals surface area contributed by atoms with Crippen LogP contribution in [0.3, 0.4) is 0 Å². The molecule has 1 aromatic rings. The van der Waals surface area contributed by atoms with Crippen LogP contribution in [0.1, 0.15) is 31.2 Å². The van der Waals surface area contributed by atoms with Crippen molar-refractivity contribution in [2.24, 2.45) is 0 Å². The third-order valence-corrected chi connectivity index (χ3v) is 3.80. The van der Waals surface area contributed by atoms with Crippen molar-refractivity contribution in [3.63, 3.8) is 0 Å². The van der Waals surface area contributed by atoms with Gasteiger partial charge < -0.3 is 20.4 Å². The van der Waals surface area contributed by atoms with Crippen molar-refractivity contribution in [1.82, 2.24) is 0 Å². The first-order chi connectivity index (χ1) is 9.18. The SMILES string of the molecule is O=C(O)C1(c2c(O)cc(O)cc2O)CCC(F)(F)CC1. The fourth-order valence-electron chi connectivity index (χ4n) is 2.70. The van der Waals surface area contributed by atoms with E-state index in [0.717, 1.165) is 12.1 Å². The third kappa shape index (κ3) is 2.23. The van der Waals surface area contributed by atoms with Gasteiger partial charge in [0, 0.05) is 25.0 Å². The summed E-state index contributed by atoms with van der Waals surface area (Å²) in [6, 6.07) is 1.76. The molecule has 4 N–H and O–H groups in total. The second-order valence-electron chi connectivity index (χ2n) is 5.10. The zero-order chi connectivity index (χ0) is 15.1. The molecule has 0 heterocycles. The van der Waals surface area contributed by atoms with Gasteiger partial charge in [-0.15, -0.1) is 0 Å². The van der Waals surface area contributed by atoms with Crippen molar-refractivity contribution in [2.75, 3.05) is 0 Å². The molecule has 0 amide bonds. The van der Waals surface area contributed by atoms with Crippen LogP contribution >= 0.6 is 0 Å². The van der Waals surface area contributed by atoms with Crippen LogP contribution in [0.25, 0.3) is 0 Å². The number of halogens is 2. The van der Waals surface area contributed by atoms with Crippen LogP contribution in [0.5, 0.6) is 17.2 Å². The number of hydrogen-bond donors (Lipinski definition) is 4. The van der Waals surface area contributed by atoms with Crippen molar-refractivity contribution >= 4 is 5.97 Å². The Kier molecular flexibility index (Phi) is 3.23. The molecule has 110 valence electrons. The van der Waals surface area contributed by atoms with E-state index in [1.165, 1.54) is 0 Å². The highest BCUT2D eigenvalue weighted by molar-refractivity contribution is 5.84. The van der Waals surface area contributed by atoms with E-state index in [0.29, 0.717) is 0 Å². The molecule has 0 spiro atoms. The molecule has 20 heavy (non-hydrogen) atoms. The summed E-state index contributed by atoms with van der Waals surface area (Å²) in [5.41, 5.74) is -2.10. The lowest BCUT2D eigenvalue weighted by molar-refractivity contribution is -0.149. The Morgan fingerprint density at radius 2 is 1.45 bits per heavy atom. The van der Waals surface area contributed by atoms with Gasteiger partial charge in [0.2, 0.25) is 5.92 Å². The Bertz CT molecular complexity index is 523. The Hall–Kier alpha value is -2.05. The number of hydrogen-bond acceptors (Lipinski definition) is 4. The van der Waals surface area contributed by atoms with Gasteiger partial charge in [0.25, 0.3) is 0 Å². The van der Waals surface area contributed by atoms with Crippen LogP contribution in [-0.2, 0) is 10.2 Å². The van der Waals surface area contributed by atoms with E-state index in [-0.39, 0.29) is 5.56 Å². The van der Waals surface area contributed by atoms with Crippen LogP contribution in [0.15, 0.2) is 12.1 Å². The quantitative estimate of drug-likeness (QED) is 0.669. The third-order valence-electron chi connectivity index (χ3n) is 3.80. The molecule has 0 aliphatic heterocycles. The number of rotatable bonds is 2. The molecule has 0 atom stereocenters. The molecule has 0 bridgehead atoms. The number of benzene rings is 1. The van der Waals surface area contributed by atoms with E-state index in [2.05, 4.69) is 0 Å². The maximum absolute atomic E-state index is 13.2. The van der Waals surface area contributed by atoms with Crippen LogP contribution in [0.4, 0.5) is 8.78 Å². The average molecular weight is 288 g/mol. The fourth-order valence-corrected chi connectivity index (χ4v) is 2.70. The van der Waals surface area contributed by atoms with Crippen molar-refractivity contribution < 1.29 is 34.0 Å². The molecule has 1 aliphatic carbocycles. The lowest BCUT2D eigenvalue weighted by atomic mass is 9.67. The monoisotopic (exact) mass is 288 g/mol. The highest BCUT2D eigenvalue weighted by atomic mass is 19.3. The molecule has 0 saturated heterocycles. The number of carbonyl (C=O) groups is 1. The highest BCUT2D eigenvalue weighted by Gasteiger charge is 2.51. The van der Waals surface area contributed by atoms with Crippen LogP contribution in [0, 0.1) is 0 Å². The first-order valence-electron chi connectivity index (χ1n) is 6.05. The van der Waals surface area contributed by atoms with Crippen molar-refractivity contribution in [2.45, 2.75) is 37.0 Å². The Morgan fingerprint density at radius 3 is 1.85 bits per heavy atom. The van der Waals surface area contributed by atoms with E-state index >= 15 is 0 Å². The van der Waals surface area contributed by atoms with E-state index in [9.17, 15) is 34.0 Å². The highest BCUT2D eigenvalue weighted by Crippen LogP contribution is 2.51. The van der Waals surface area contributed by atoms with Gasteiger partial charge in [-0.05, 0) is 12.8 Å². The minimum atomic E-state index is -2.94. The number of carboxylic acids is 1. The number of aliphatic carboxylic acids is 1. The minimum absolute atomic E-state index is 0.321. The minimum Gasteiger partial charge on any atom is -0.508 e. The number of phenols is 3. The normalized spacial score (nSPS) is 20.5. The summed E-state index contributed by atoms with van der Waals surface area (Å²) < 4.78 is 26.5. The van der Waals surface area contributed by atoms with Gasteiger partial charge in [-0.3, -0.25) is 4.79 Å². The fraction of sp³-hybridized carbons (Fsp3) is 0.462. The predicted octanol–water partition coefficient (Wildman–Crippen LogP) is 2.34. The lowest BCUT2D eigenvalue weighted by Gasteiger charge is -2.37.